The molecular weight excluding hydrogens is 535 g/mol. The Morgan fingerprint density at radius 1 is 0.781 bits per heavy atom. The minimum atomic E-state index is -4.01. The van der Waals surface area contributed by atoms with Crippen molar-refractivity contribution in [3.63, 3.8) is 0 Å². The zero-order valence-electron chi connectivity index (χ0n) is 16.7. The first-order chi connectivity index (χ1) is 15.5. The van der Waals surface area contributed by atoms with Gasteiger partial charge in [-0.15, -0.1) is 0 Å². The molecule has 5 rings (SSSR count). The molecule has 0 aliphatic carbocycles. The second-order valence-corrected chi connectivity index (χ2v) is 9.86. The van der Waals surface area contributed by atoms with Crippen LogP contribution in [0.15, 0.2) is 102 Å². The van der Waals surface area contributed by atoms with E-state index in [2.05, 4.69) is 32.8 Å². The van der Waals surface area contributed by atoms with Gasteiger partial charge < -0.3 is 4.18 Å². The lowest BCUT2D eigenvalue weighted by molar-refractivity contribution is 0.487. The van der Waals surface area contributed by atoms with E-state index in [4.69, 9.17) is 4.18 Å². The molecule has 5 nitrogen and oxygen atoms in total. The number of rotatable bonds is 5. The predicted molar refractivity (Wildman–Crippen MR) is 134 cm³/mol. The molecule has 1 aromatic heterocycles. The average molecular weight is 552 g/mol. The average Bonchev–Trinajstić information content (AvgIpc) is 3.29. The third-order valence-electron chi connectivity index (χ3n) is 5.17. The normalized spacial score (nSPS) is 11.5. The Labute approximate surface area is 199 Å². The molecule has 0 fully saturated rings. The van der Waals surface area contributed by atoms with Gasteiger partial charge in [0.2, 0.25) is 0 Å². The molecule has 0 atom stereocenters. The molecule has 0 aliphatic rings. The molecule has 5 aromatic rings. The van der Waals surface area contributed by atoms with Crippen LogP contribution >= 0.6 is 22.6 Å². The van der Waals surface area contributed by atoms with Crippen molar-refractivity contribution < 1.29 is 12.6 Å². The summed E-state index contributed by atoms with van der Waals surface area (Å²) in [5.74, 6) is 0.251. The summed E-state index contributed by atoms with van der Waals surface area (Å²) in [6.45, 7) is 0. The molecule has 4 aromatic carbocycles. The summed E-state index contributed by atoms with van der Waals surface area (Å²) in [7, 11) is -4.01. The molecule has 1 heterocycles. The van der Waals surface area contributed by atoms with E-state index in [0.29, 0.717) is 5.56 Å². The molecule has 0 amide bonds. The van der Waals surface area contributed by atoms with Crippen molar-refractivity contribution in [2.75, 3.05) is 0 Å². The summed E-state index contributed by atoms with van der Waals surface area (Å²) in [6, 6.07) is 27.5. The Morgan fingerprint density at radius 2 is 1.50 bits per heavy atom. The molecule has 0 saturated heterocycles. The van der Waals surface area contributed by atoms with E-state index in [1.54, 1.807) is 30.5 Å². The van der Waals surface area contributed by atoms with Crippen LogP contribution in [0.3, 0.4) is 0 Å². The van der Waals surface area contributed by atoms with Gasteiger partial charge in [-0.3, -0.25) is 5.10 Å². The first-order valence-electron chi connectivity index (χ1n) is 9.84. The van der Waals surface area contributed by atoms with Gasteiger partial charge in [0.1, 0.15) is 4.90 Å². The zero-order valence-corrected chi connectivity index (χ0v) is 19.7. The van der Waals surface area contributed by atoms with Crippen molar-refractivity contribution >= 4 is 43.5 Å². The van der Waals surface area contributed by atoms with Crippen molar-refractivity contribution in [2.45, 2.75) is 4.90 Å². The van der Waals surface area contributed by atoms with Gasteiger partial charge in [-0.05, 0) is 57.6 Å². The van der Waals surface area contributed by atoms with Gasteiger partial charge >= 0.3 is 10.1 Å². The maximum absolute atomic E-state index is 13.0. The van der Waals surface area contributed by atoms with E-state index in [-0.39, 0.29) is 10.6 Å². The number of aromatic amines is 1. The Hall–Kier alpha value is -3.17. The van der Waals surface area contributed by atoms with Crippen molar-refractivity contribution in [3.8, 4) is 28.1 Å². The van der Waals surface area contributed by atoms with E-state index in [1.807, 2.05) is 54.6 Å². The molecule has 0 saturated carbocycles. The van der Waals surface area contributed by atoms with Crippen LogP contribution in [-0.4, -0.2) is 18.6 Å². The Morgan fingerprint density at radius 3 is 2.31 bits per heavy atom. The van der Waals surface area contributed by atoms with E-state index >= 15 is 0 Å². The van der Waals surface area contributed by atoms with Gasteiger partial charge in [0, 0.05) is 20.3 Å². The van der Waals surface area contributed by atoms with Gasteiger partial charge in [0.05, 0.1) is 11.9 Å². The van der Waals surface area contributed by atoms with Crippen LogP contribution in [-0.2, 0) is 10.1 Å². The zero-order chi connectivity index (χ0) is 22.1. The first kappa shape index (κ1) is 20.7. The van der Waals surface area contributed by atoms with Gasteiger partial charge in [-0.1, -0.05) is 66.7 Å². The molecule has 158 valence electrons. The molecule has 0 aliphatic heterocycles. The molecule has 0 radical (unpaired) electrons. The number of hydrogen-bond acceptors (Lipinski definition) is 4. The summed E-state index contributed by atoms with van der Waals surface area (Å²) in [5.41, 5.74) is 3.22. The second kappa shape index (κ2) is 8.40. The highest BCUT2D eigenvalue weighted by Gasteiger charge is 2.23. The summed E-state index contributed by atoms with van der Waals surface area (Å²) in [6.07, 6.45) is 1.71. The largest absolute Gasteiger partial charge is 0.378 e. The van der Waals surface area contributed by atoms with E-state index in [0.717, 1.165) is 31.2 Å². The van der Waals surface area contributed by atoms with Crippen LogP contribution in [0.25, 0.3) is 33.2 Å². The molecule has 0 spiro atoms. The van der Waals surface area contributed by atoms with Gasteiger partial charge in [0.15, 0.2) is 5.75 Å². The van der Waals surface area contributed by atoms with Crippen molar-refractivity contribution in [1.29, 1.82) is 0 Å². The summed E-state index contributed by atoms with van der Waals surface area (Å²) >= 11 is 2.28. The Bertz CT molecular complexity index is 1530. The van der Waals surface area contributed by atoms with Crippen LogP contribution in [0, 0.1) is 3.57 Å². The Kier molecular flexibility index (Phi) is 5.44. The fourth-order valence-corrected chi connectivity index (χ4v) is 5.32. The van der Waals surface area contributed by atoms with Crippen LogP contribution in [0.2, 0.25) is 0 Å². The summed E-state index contributed by atoms with van der Waals surface area (Å²) in [4.78, 5) is 0.101. The molecule has 0 bridgehead atoms. The van der Waals surface area contributed by atoms with Crippen LogP contribution in [0.4, 0.5) is 0 Å². The van der Waals surface area contributed by atoms with E-state index in [9.17, 15) is 8.42 Å². The maximum atomic E-state index is 13.0. The minimum Gasteiger partial charge on any atom is -0.378 e. The smallest absolute Gasteiger partial charge is 0.339 e. The number of H-pyrrole nitrogens is 1. The Balaban J connectivity index is 1.74. The van der Waals surface area contributed by atoms with Gasteiger partial charge in [-0.2, -0.15) is 13.5 Å². The fourth-order valence-electron chi connectivity index (χ4n) is 3.70. The minimum absolute atomic E-state index is 0.101. The predicted octanol–water partition coefficient (Wildman–Crippen LogP) is 6.27. The number of fused-ring (bicyclic) bond motifs is 1. The lowest BCUT2D eigenvalue weighted by Crippen LogP contribution is -2.10. The van der Waals surface area contributed by atoms with Crippen LogP contribution in [0.5, 0.6) is 5.75 Å². The lowest BCUT2D eigenvalue weighted by Gasteiger charge is -2.15. The lowest BCUT2D eigenvalue weighted by atomic mass is 9.95. The number of hydrogen-bond donors (Lipinski definition) is 1. The highest BCUT2D eigenvalue weighted by Crippen LogP contribution is 2.42. The third kappa shape index (κ3) is 3.78. The van der Waals surface area contributed by atoms with Crippen molar-refractivity contribution in [2.24, 2.45) is 0 Å². The number of halogens is 1. The molecule has 32 heavy (non-hydrogen) atoms. The fraction of sp³-hybridized carbons (Fsp3) is 0. The monoisotopic (exact) mass is 552 g/mol. The van der Waals surface area contributed by atoms with Crippen molar-refractivity contribution in [3.05, 3.63) is 101 Å². The molecule has 0 unspecified atom stereocenters. The SMILES string of the molecule is O=S(=O)(Oc1ccc2ccccc2c1-c1cn[nH]c1-c1ccccc1I)c1ccccc1. The van der Waals surface area contributed by atoms with E-state index < -0.39 is 10.1 Å². The number of aromatic nitrogens is 2. The summed E-state index contributed by atoms with van der Waals surface area (Å²) < 4.78 is 32.8. The van der Waals surface area contributed by atoms with E-state index in [1.165, 1.54) is 12.1 Å². The molecule has 7 heteroatoms. The first-order valence-corrected chi connectivity index (χ1v) is 12.3. The molecular formula is C25H17IN2O3S. The van der Waals surface area contributed by atoms with Crippen LogP contribution in [0.1, 0.15) is 0 Å². The van der Waals surface area contributed by atoms with Crippen LogP contribution < -0.4 is 4.18 Å². The quantitative estimate of drug-likeness (QED) is 0.206. The number of benzene rings is 4. The highest BCUT2D eigenvalue weighted by molar-refractivity contribution is 14.1. The summed E-state index contributed by atoms with van der Waals surface area (Å²) in [5, 5.41) is 9.22. The number of nitrogens with zero attached hydrogens (tertiary/aromatic N) is 1. The van der Waals surface area contributed by atoms with Gasteiger partial charge in [0.25, 0.3) is 0 Å². The second-order valence-electron chi connectivity index (χ2n) is 7.15. The topological polar surface area (TPSA) is 72.1 Å². The third-order valence-corrected chi connectivity index (χ3v) is 7.36. The standard InChI is InChI=1S/C25H17IN2O3S/c26-22-13-7-6-12-20(22)25-21(16-27-28-25)24-19-11-5-4-8-17(19)14-15-23(24)31-32(29,30)18-9-2-1-3-10-18/h1-16H,(H,27,28). The molecule has 1 N–H and O–H groups in total. The maximum Gasteiger partial charge on any atom is 0.339 e. The van der Waals surface area contributed by atoms with Crippen molar-refractivity contribution in [1.82, 2.24) is 10.2 Å². The number of nitrogens with one attached hydrogen (secondary N) is 1. The highest BCUT2D eigenvalue weighted by atomic mass is 127. The van der Waals surface area contributed by atoms with Gasteiger partial charge in [-0.25, -0.2) is 0 Å².